The Morgan fingerprint density at radius 2 is 2.00 bits per heavy atom. The van der Waals surface area contributed by atoms with Crippen molar-refractivity contribution in [2.75, 3.05) is 13.1 Å². The Morgan fingerprint density at radius 3 is 2.55 bits per heavy atom. The summed E-state index contributed by atoms with van der Waals surface area (Å²) in [5.74, 6) is -1.87. The molecule has 0 amide bonds. The highest BCUT2D eigenvalue weighted by Gasteiger charge is 2.33. The van der Waals surface area contributed by atoms with E-state index in [4.69, 9.17) is 9.29 Å². The lowest BCUT2D eigenvalue weighted by atomic mass is 10.0. The average molecular weight is 330 g/mol. The fourth-order valence-corrected chi connectivity index (χ4v) is 3.32. The van der Waals surface area contributed by atoms with Crippen LogP contribution >= 0.6 is 0 Å². The van der Waals surface area contributed by atoms with E-state index in [9.17, 15) is 23.3 Å². The summed E-state index contributed by atoms with van der Waals surface area (Å²) in [6.07, 6.45) is 0.846. The predicted octanol–water partition coefficient (Wildman–Crippen LogP) is 1.01. The number of carboxylic acids is 1. The summed E-state index contributed by atoms with van der Waals surface area (Å²) in [6, 6.07) is 4.60. The van der Waals surface area contributed by atoms with Gasteiger partial charge in [0.05, 0.1) is 10.8 Å². The van der Waals surface area contributed by atoms with Crippen molar-refractivity contribution < 1.29 is 27.4 Å². The Bertz CT molecular complexity index is 671. The number of nitro groups is 1. The van der Waals surface area contributed by atoms with Gasteiger partial charge in [-0.15, -0.1) is 0 Å². The lowest BCUT2D eigenvalue weighted by Crippen LogP contribution is -2.44. The molecule has 1 aliphatic rings. The summed E-state index contributed by atoms with van der Waals surface area (Å²) in [5.41, 5.74) is -0.186. The molecule has 1 fully saturated rings. The molecule has 1 heterocycles. The molecule has 0 aliphatic carbocycles. The van der Waals surface area contributed by atoms with Crippen molar-refractivity contribution >= 4 is 22.0 Å². The van der Waals surface area contributed by atoms with Crippen molar-refractivity contribution in [1.82, 2.24) is 4.31 Å². The predicted molar refractivity (Wildman–Crippen MR) is 74.6 cm³/mol. The number of hydrogen-bond donors (Lipinski definition) is 1. The molecule has 0 saturated carbocycles. The second-order valence-electron chi connectivity index (χ2n) is 4.83. The molecule has 9 nitrogen and oxygen atoms in total. The van der Waals surface area contributed by atoms with Gasteiger partial charge in [0.25, 0.3) is 5.69 Å². The van der Waals surface area contributed by atoms with Crippen LogP contribution in [0.3, 0.4) is 0 Å². The standard InChI is InChI=1S/C12H14N2O7S/c15-12(16)9-2-1-7-13(8-9)22(19,20)21-11-5-3-10(4-6-11)14(17)18/h3-6,9H,1-2,7-8H2,(H,15,16)/t9-/m0/s1. The highest BCUT2D eigenvalue weighted by molar-refractivity contribution is 7.84. The van der Waals surface area contributed by atoms with Crippen LogP contribution in [0.15, 0.2) is 24.3 Å². The zero-order valence-corrected chi connectivity index (χ0v) is 12.2. The SMILES string of the molecule is O=C(O)[C@H]1CCCN(S(=O)(=O)Oc2ccc([N+](=O)[O-])cc2)C1. The van der Waals surface area contributed by atoms with E-state index in [-0.39, 0.29) is 24.5 Å². The zero-order valence-electron chi connectivity index (χ0n) is 11.4. The molecule has 1 aromatic carbocycles. The van der Waals surface area contributed by atoms with Crippen LogP contribution in [0.4, 0.5) is 5.69 Å². The number of benzene rings is 1. The highest BCUT2D eigenvalue weighted by Crippen LogP contribution is 2.23. The summed E-state index contributed by atoms with van der Waals surface area (Å²) in [5, 5.41) is 19.5. The second kappa shape index (κ2) is 6.28. The van der Waals surface area contributed by atoms with Gasteiger partial charge >= 0.3 is 16.3 Å². The third-order valence-corrected chi connectivity index (χ3v) is 4.67. The Kier molecular flexibility index (Phi) is 4.62. The van der Waals surface area contributed by atoms with Crippen LogP contribution in [-0.2, 0) is 15.1 Å². The number of rotatable bonds is 5. The maximum atomic E-state index is 12.1. The van der Waals surface area contributed by atoms with Crippen LogP contribution in [0.25, 0.3) is 0 Å². The van der Waals surface area contributed by atoms with E-state index < -0.39 is 27.1 Å². The topological polar surface area (TPSA) is 127 Å². The lowest BCUT2D eigenvalue weighted by molar-refractivity contribution is -0.384. The Morgan fingerprint density at radius 1 is 1.36 bits per heavy atom. The molecule has 1 atom stereocenters. The van der Waals surface area contributed by atoms with Crippen LogP contribution < -0.4 is 4.18 Å². The number of piperidine rings is 1. The van der Waals surface area contributed by atoms with Gasteiger partial charge < -0.3 is 9.29 Å². The van der Waals surface area contributed by atoms with E-state index >= 15 is 0 Å². The molecule has 1 aromatic rings. The minimum atomic E-state index is -4.14. The third-order valence-electron chi connectivity index (χ3n) is 3.30. The van der Waals surface area contributed by atoms with Gasteiger partial charge in [-0.05, 0) is 25.0 Å². The van der Waals surface area contributed by atoms with Crippen molar-refractivity contribution in [3.05, 3.63) is 34.4 Å². The number of nitrogens with zero attached hydrogens (tertiary/aromatic N) is 2. The molecule has 0 radical (unpaired) electrons. The molecule has 22 heavy (non-hydrogen) atoms. The largest absolute Gasteiger partial charge is 0.481 e. The van der Waals surface area contributed by atoms with Crippen molar-refractivity contribution in [2.45, 2.75) is 12.8 Å². The van der Waals surface area contributed by atoms with Crippen molar-refractivity contribution in [3.8, 4) is 5.75 Å². The fraction of sp³-hybridized carbons (Fsp3) is 0.417. The van der Waals surface area contributed by atoms with E-state index in [0.29, 0.717) is 12.8 Å². The monoisotopic (exact) mass is 330 g/mol. The number of hydrogen-bond acceptors (Lipinski definition) is 6. The van der Waals surface area contributed by atoms with Crippen molar-refractivity contribution in [2.24, 2.45) is 5.92 Å². The van der Waals surface area contributed by atoms with Gasteiger partial charge in [0.1, 0.15) is 5.75 Å². The Labute approximate surface area is 126 Å². The lowest BCUT2D eigenvalue weighted by Gasteiger charge is -2.28. The fourth-order valence-electron chi connectivity index (χ4n) is 2.14. The number of aliphatic carboxylic acids is 1. The van der Waals surface area contributed by atoms with Gasteiger partial charge in [-0.1, -0.05) is 0 Å². The number of carbonyl (C=O) groups is 1. The number of non-ortho nitro benzene ring substituents is 1. The molecule has 120 valence electrons. The van der Waals surface area contributed by atoms with Gasteiger partial charge in [-0.2, -0.15) is 12.7 Å². The molecule has 0 spiro atoms. The Hall–Kier alpha value is -2.20. The number of carboxylic acid groups (broad SMARTS) is 1. The first-order valence-electron chi connectivity index (χ1n) is 6.46. The molecule has 1 saturated heterocycles. The molecular weight excluding hydrogens is 316 g/mol. The van der Waals surface area contributed by atoms with Gasteiger partial charge in [0.2, 0.25) is 0 Å². The van der Waals surface area contributed by atoms with Gasteiger partial charge in [0.15, 0.2) is 0 Å². The molecule has 1 N–H and O–H groups in total. The quantitative estimate of drug-likeness (QED) is 0.630. The van der Waals surface area contributed by atoms with Gasteiger partial charge in [-0.3, -0.25) is 14.9 Å². The molecule has 0 unspecified atom stereocenters. The molecule has 1 aliphatic heterocycles. The van der Waals surface area contributed by atoms with Crippen LogP contribution in [-0.4, -0.2) is 41.8 Å². The molecular formula is C12H14N2O7S. The Balaban J connectivity index is 2.10. The second-order valence-corrected chi connectivity index (χ2v) is 6.37. The minimum absolute atomic E-state index is 0.0666. The summed E-state index contributed by atoms with van der Waals surface area (Å²) in [7, 11) is -4.14. The first-order valence-corrected chi connectivity index (χ1v) is 7.83. The first kappa shape index (κ1) is 16.2. The maximum Gasteiger partial charge on any atom is 0.385 e. The normalized spacial score (nSPS) is 19.5. The van der Waals surface area contributed by atoms with Crippen LogP contribution in [0.5, 0.6) is 5.75 Å². The first-order chi connectivity index (χ1) is 10.3. The minimum Gasteiger partial charge on any atom is -0.481 e. The zero-order chi connectivity index (χ0) is 16.3. The van der Waals surface area contributed by atoms with Crippen molar-refractivity contribution in [3.63, 3.8) is 0 Å². The van der Waals surface area contributed by atoms with E-state index in [2.05, 4.69) is 0 Å². The van der Waals surface area contributed by atoms with Crippen molar-refractivity contribution in [1.29, 1.82) is 0 Å². The third kappa shape index (κ3) is 3.71. The molecule has 10 heteroatoms. The number of nitro benzene ring substituents is 1. The van der Waals surface area contributed by atoms with Gasteiger partial charge in [-0.25, -0.2) is 0 Å². The summed E-state index contributed by atoms with van der Waals surface area (Å²) < 4.78 is 30.1. The van der Waals surface area contributed by atoms with Gasteiger partial charge in [0, 0.05) is 25.2 Å². The van der Waals surface area contributed by atoms with Crippen LogP contribution in [0.1, 0.15) is 12.8 Å². The van der Waals surface area contributed by atoms with E-state index in [1.165, 1.54) is 12.1 Å². The smallest absolute Gasteiger partial charge is 0.385 e. The maximum absolute atomic E-state index is 12.1. The molecule has 2 rings (SSSR count). The van der Waals surface area contributed by atoms with E-state index in [1.54, 1.807) is 0 Å². The average Bonchev–Trinajstić information content (AvgIpc) is 2.47. The summed E-state index contributed by atoms with van der Waals surface area (Å²) in [6.45, 7) is 0.0315. The highest BCUT2D eigenvalue weighted by atomic mass is 32.2. The van der Waals surface area contributed by atoms with E-state index in [0.717, 1.165) is 16.4 Å². The molecule has 0 bridgehead atoms. The summed E-state index contributed by atoms with van der Waals surface area (Å²) >= 11 is 0. The van der Waals surface area contributed by atoms with E-state index in [1.807, 2.05) is 0 Å². The van der Waals surface area contributed by atoms with Crippen LogP contribution in [0.2, 0.25) is 0 Å². The summed E-state index contributed by atoms with van der Waals surface area (Å²) in [4.78, 5) is 20.9. The molecule has 0 aromatic heterocycles. The van der Waals surface area contributed by atoms with Crippen LogP contribution in [0, 0.1) is 16.0 Å².